The highest BCUT2D eigenvalue weighted by atomic mass is 16.8. The smallest absolute Gasteiger partial charge is 0.168 e. The number of hydrogen-bond acceptors (Lipinski definition) is 3. The van der Waals surface area contributed by atoms with E-state index in [1.165, 1.54) is 24.0 Å². The lowest BCUT2D eigenvalue weighted by molar-refractivity contribution is -0.222. The monoisotopic (exact) mass is 432 g/mol. The van der Waals surface area contributed by atoms with E-state index in [1.807, 2.05) is 12.1 Å². The van der Waals surface area contributed by atoms with Crippen LogP contribution in [0, 0.1) is 29.1 Å². The number of ether oxygens (including phenoxy) is 3. The summed E-state index contributed by atoms with van der Waals surface area (Å²) in [6.45, 7) is 8.31. The van der Waals surface area contributed by atoms with E-state index in [0.29, 0.717) is 31.0 Å². The molecule has 0 N–H and O–H groups in total. The summed E-state index contributed by atoms with van der Waals surface area (Å²) in [6, 6.07) is 20.8. The minimum Gasteiger partial charge on any atom is -0.348 e. The Hall–Kier alpha value is -1.94. The molecular formula is C29H36O3. The van der Waals surface area contributed by atoms with Crippen molar-refractivity contribution in [2.75, 3.05) is 0 Å². The molecule has 3 nitrogen and oxygen atoms in total. The highest BCUT2D eigenvalue weighted by molar-refractivity contribution is 5.26. The van der Waals surface area contributed by atoms with Gasteiger partial charge in [0.1, 0.15) is 0 Å². The zero-order valence-corrected chi connectivity index (χ0v) is 19.6. The maximum Gasteiger partial charge on any atom is 0.168 e. The molecule has 0 bridgehead atoms. The topological polar surface area (TPSA) is 27.7 Å². The quantitative estimate of drug-likeness (QED) is 0.473. The van der Waals surface area contributed by atoms with Crippen LogP contribution < -0.4 is 0 Å². The van der Waals surface area contributed by atoms with Crippen molar-refractivity contribution in [2.45, 2.75) is 65.8 Å². The standard InChI is InChI=1S/C29H36O3/c1-20-14-15-23-26(25-17-29(2,3)16-24(20)25)28(31-19-22-12-8-5-9-13-22)32-27(23)30-18-21-10-6-4-7-11-21/h4-13,17,20,23-24,26-28H,14-16,18-19H2,1-3H3/t20-,23-,24-,26-,27+,28-/m0/s1. The van der Waals surface area contributed by atoms with Gasteiger partial charge in [0.25, 0.3) is 0 Å². The maximum atomic E-state index is 6.53. The molecule has 0 radical (unpaired) electrons. The first kappa shape index (κ1) is 21.9. The summed E-state index contributed by atoms with van der Waals surface area (Å²) < 4.78 is 19.4. The van der Waals surface area contributed by atoms with E-state index < -0.39 is 0 Å². The number of fused-ring (bicyclic) bond motifs is 3. The summed E-state index contributed by atoms with van der Waals surface area (Å²) in [5, 5.41) is 0. The molecule has 0 aromatic heterocycles. The van der Waals surface area contributed by atoms with Crippen molar-refractivity contribution in [3.63, 3.8) is 0 Å². The minimum absolute atomic E-state index is 0.225. The summed E-state index contributed by atoms with van der Waals surface area (Å²) in [4.78, 5) is 0. The SMILES string of the molecule is C[C@H]1CC[C@@H]2[C@H](OCc3ccccc3)O[C@H](OCc3ccccc3)[C@@H]2C2=CC(C)(C)C[C@H]21. The Bertz CT molecular complexity index is 920. The van der Waals surface area contributed by atoms with Crippen molar-refractivity contribution >= 4 is 0 Å². The Morgan fingerprint density at radius 3 is 2.06 bits per heavy atom. The second kappa shape index (κ2) is 9.13. The van der Waals surface area contributed by atoms with Gasteiger partial charge in [-0.05, 0) is 47.6 Å². The van der Waals surface area contributed by atoms with Crippen LogP contribution in [-0.2, 0) is 27.4 Å². The third-order valence-corrected chi connectivity index (χ3v) is 7.65. The predicted octanol–water partition coefficient (Wildman–Crippen LogP) is 6.74. The largest absolute Gasteiger partial charge is 0.348 e. The fourth-order valence-corrected chi connectivity index (χ4v) is 6.05. The Labute approximate surface area is 192 Å². The Morgan fingerprint density at radius 2 is 1.44 bits per heavy atom. The average Bonchev–Trinajstić information content (AvgIpc) is 3.28. The van der Waals surface area contributed by atoms with Crippen LogP contribution in [0.3, 0.4) is 0 Å². The van der Waals surface area contributed by atoms with E-state index in [9.17, 15) is 0 Å². The van der Waals surface area contributed by atoms with Crippen molar-refractivity contribution in [2.24, 2.45) is 29.1 Å². The molecule has 0 unspecified atom stereocenters. The summed E-state index contributed by atoms with van der Waals surface area (Å²) in [7, 11) is 0. The molecule has 0 amide bonds. The second-order valence-corrected chi connectivity index (χ2v) is 10.7. The van der Waals surface area contributed by atoms with Crippen LogP contribution in [0.4, 0.5) is 0 Å². The van der Waals surface area contributed by atoms with Crippen molar-refractivity contribution < 1.29 is 14.2 Å². The van der Waals surface area contributed by atoms with Gasteiger partial charge in [0.2, 0.25) is 0 Å². The van der Waals surface area contributed by atoms with Gasteiger partial charge in [0.15, 0.2) is 12.6 Å². The number of benzene rings is 2. The molecule has 32 heavy (non-hydrogen) atoms. The first-order valence-electron chi connectivity index (χ1n) is 12.2. The molecule has 0 spiro atoms. The zero-order chi connectivity index (χ0) is 22.1. The Kier molecular flexibility index (Phi) is 6.24. The van der Waals surface area contributed by atoms with Crippen LogP contribution in [0.5, 0.6) is 0 Å². The molecule has 2 aromatic carbocycles. The van der Waals surface area contributed by atoms with Crippen molar-refractivity contribution in [3.05, 3.63) is 83.4 Å². The third kappa shape index (κ3) is 4.57. The Morgan fingerprint density at radius 1 is 0.844 bits per heavy atom. The van der Waals surface area contributed by atoms with Crippen molar-refractivity contribution in [1.29, 1.82) is 0 Å². The van der Waals surface area contributed by atoms with Gasteiger partial charge < -0.3 is 14.2 Å². The number of allylic oxidation sites excluding steroid dienone is 1. The van der Waals surface area contributed by atoms with Crippen LogP contribution in [0.25, 0.3) is 0 Å². The maximum absolute atomic E-state index is 6.53. The minimum atomic E-state index is -0.256. The lowest BCUT2D eigenvalue weighted by Gasteiger charge is -2.27. The van der Waals surface area contributed by atoms with E-state index >= 15 is 0 Å². The van der Waals surface area contributed by atoms with Crippen LogP contribution in [0.15, 0.2) is 72.3 Å². The summed E-state index contributed by atoms with van der Waals surface area (Å²) in [6.07, 6.45) is 5.64. The van der Waals surface area contributed by atoms with Gasteiger partial charge >= 0.3 is 0 Å². The normalized spacial score (nSPS) is 33.3. The third-order valence-electron chi connectivity index (χ3n) is 7.65. The molecule has 170 valence electrons. The second-order valence-electron chi connectivity index (χ2n) is 10.7. The lowest BCUT2D eigenvalue weighted by Crippen LogP contribution is -2.27. The van der Waals surface area contributed by atoms with Crippen molar-refractivity contribution in [1.82, 2.24) is 0 Å². The fraction of sp³-hybridized carbons (Fsp3) is 0.517. The molecule has 1 aliphatic heterocycles. The zero-order valence-electron chi connectivity index (χ0n) is 19.6. The van der Waals surface area contributed by atoms with Gasteiger partial charge in [0, 0.05) is 11.8 Å². The van der Waals surface area contributed by atoms with Gasteiger partial charge in [-0.3, -0.25) is 0 Å². The van der Waals surface area contributed by atoms with E-state index in [4.69, 9.17) is 14.2 Å². The van der Waals surface area contributed by atoms with E-state index in [-0.39, 0.29) is 23.9 Å². The molecule has 3 aliphatic rings. The van der Waals surface area contributed by atoms with Crippen LogP contribution in [0.2, 0.25) is 0 Å². The van der Waals surface area contributed by atoms with Gasteiger partial charge in [-0.15, -0.1) is 0 Å². The molecule has 1 saturated carbocycles. The number of rotatable bonds is 6. The Balaban J connectivity index is 1.39. The van der Waals surface area contributed by atoms with Crippen molar-refractivity contribution in [3.8, 4) is 0 Å². The van der Waals surface area contributed by atoms with Crippen LogP contribution in [-0.4, -0.2) is 12.6 Å². The first-order valence-corrected chi connectivity index (χ1v) is 12.2. The summed E-state index contributed by atoms with van der Waals surface area (Å²) >= 11 is 0. The fourth-order valence-electron chi connectivity index (χ4n) is 6.05. The van der Waals surface area contributed by atoms with E-state index in [2.05, 4.69) is 75.4 Å². The molecule has 6 atom stereocenters. The summed E-state index contributed by atoms with van der Waals surface area (Å²) in [5.41, 5.74) is 4.17. The van der Waals surface area contributed by atoms with Gasteiger partial charge in [-0.1, -0.05) is 93.1 Å². The average molecular weight is 433 g/mol. The van der Waals surface area contributed by atoms with Gasteiger partial charge in [0.05, 0.1) is 13.2 Å². The van der Waals surface area contributed by atoms with Crippen LogP contribution >= 0.6 is 0 Å². The molecule has 1 saturated heterocycles. The molecule has 2 fully saturated rings. The highest BCUT2D eigenvalue weighted by Crippen LogP contribution is 2.55. The molecule has 5 rings (SSSR count). The molecule has 3 heteroatoms. The molecular weight excluding hydrogens is 396 g/mol. The molecule has 2 aliphatic carbocycles. The summed E-state index contributed by atoms with van der Waals surface area (Å²) in [5.74, 6) is 1.93. The van der Waals surface area contributed by atoms with Crippen LogP contribution in [0.1, 0.15) is 51.2 Å². The van der Waals surface area contributed by atoms with E-state index in [1.54, 1.807) is 5.57 Å². The van der Waals surface area contributed by atoms with Gasteiger partial charge in [-0.2, -0.15) is 0 Å². The lowest BCUT2D eigenvalue weighted by atomic mass is 9.80. The predicted molar refractivity (Wildman–Crippen MR) is 126 cm³/mol. The van der Waals surface area contributed by atoms with E-state index in [0.717, 1.165) is 6.42 Å². The van der Waals surface area contributed by atoms with Gasteiger partial charge in [-0.25, -0.2) is 0 Å². The first-order chi connectivity index (χ1) is 15.5. The number of hydrogen-bond donors (Lipinski definition) is 0. The molecule has 1 heterocycles. The molecule has 2 aromatic rings. The highest BCUT2D eigenvalue weighted by Gasteiger charge is 2.53.